The van der Waals surface area contributed by atoms with Crippen molar-refractivity contribution in [2.75, 3.05) is 0 Å². The van der Waals surface area contributed by atoms with Crippen molar-refractivity contribution >= 4 is 39.5 Å². The lowest BCUT2D eigenvalue weighted by Gasteiger charge is -2.10. The zero-order valence-electron chi connectivity index (χ0n) is 10.6. The Hall–Kier alpha value is -0.520. The van der Waals surface area contributed by atoms with Gasteiger partial charge in [0, 0.05) is 16.6 Å². The summed E-state index contributed by atoms with van der Waals surface area (Å²) in [5.74, 6) is 1.45. The van der Waals surface area contributed by atoms with Crippen LogP contribution in [0.25, 0.3) is 11.4 Å². The maximum atomic E-state index is 5.32. The third-order valence-corrected chi connectivity index (χ3v) is 4.93. The first-order valence-corrected chi connectivity index (χ1v) is 7.95. The molecule has 2 heterocycles. The molecule has 5 heteroatoms. The summed E-state index contributed by atoms with van der Waals surface area (Å²) in [7, 11) is 0. The molecule has 2 aromatic heterocycles. The highest BCUT2D eigenvalue weighted by atomic mass is 79.9. The number of H-pyrrole nitrogens is 1. The number of thiophene rings is 1. The Morgan fingerprint density at radius 3 is 2.72 bits per heavy atom. The molecule has 1 N–H and O–H groups in total. The van der Waals surface area contributed by atoms with Crippen LogP contribution in [-0.2, 0) is 6.42 Å². The van der Waals surface area contributed by atoms with Crippen molar-refractivity contribution in [2.24, 2.45) is 5.92 Å². The number of hydrogen-bond acceptors (Lipinski definition) is 3. The van der Waals surface area contributed by atoms with Gasteiger partial charge in [-0.3, -0.25) is 0 Å². The number of hydrogen-bond donors (Lipinski definition) is 1. The third kappa shape index (κ3) is 2.90. The van der Waals surface area contributed by atoms with Crippen molar-refractivity contribution in [3.8, 4) is 11.4 Å². The molecule has 0 amide bonds. The molecule has 0 unspecified atom stereocenters. The van der Waals surface area contributed by atoms with Crippen molar-refractivity contribution in [3.63, 3.8) is 0 Å². The summed E-state index contributed by atoms with van der Waals surface area (Å²) in [6.07, 6.45) is 0.961. The van der Waals surface area contributed by atoms with Crippen LogP contribution >= 0.6 is 39.5 Å². The molecule has 0 aliphatic carbocycles. The van der Waals surface area contributed by atoms with E-state index in [2.05, 4.69) is 57.4 Å². The van der Waals surface area contributed by atoms with Crippen LogP contribution in [-0.4, -0.2) is 9.97 Å². The van der Waals surface area contributed by atoms with E-state index in [1.54, 1.807) is 11.3 Å². The standard InChI is InChI=1S/C13H15BrN2S2/c1-7(2)4-10-11(14)13(17)16-12(15-10)9-6-18-5-8(9)3/h5-7H,4H2,1-3H3,(H,15,16,17). The molecular weight excluding hydrogens is 328 g/mol. The molecule has 0 saturated carbocycles. The molecule has 0 aromatic carbocycles. The molecule has 0 saturated heterocycles. The van der Waals surface area contributed by atoms with Crippen molar-refractivity contribution in [1.29, 1.82) is 0 Å². The minimum Gasteiger partial charge on any atom is -0.342 e. The minimum absolute atomic E-state index is 0.575. The van der Waals surface area contributed by atoms with Crippen LogP contribution in [0.4, 0.5) is 0 Å². The average Bonchev–Trinajstić information content (AvgIpc) is 2.70. The van der Waals surface area contributed by atoms with E-state index in [4.69, 9.17) is 12.2 Å². The molecule has 96 valence electrons. The zero-order chi connectivity index (χ0) is 13.3. The van der Waals surface area contributed by atoms with E-state index in [1.807, 2.05) is 0 Å². The summed E-state index contributed by atoms with van der Waals surface area (Å²) < 4.78 is 1.55. The Morgan fingerprint density at radius 2 is 2.17 bits per heavy atom. The second-order valence-corrected chi connectivity index (χ2v) is 6.67. The first kappa shape index (κ1) is 13.9. The molecule has 0 spiro atoms. The molecular formula is C13H15BrN2S2. The first-order chi connectivity index (χ1) is 8.49. The largest absolute Gasteiger partial charge is 0.342 e. The highest BCUT2D eigenvalue weighted by molar-refractivity contribution is 9.10. The smallest absolute Gasteiger partial charge is 0.144 e. The highest BCUT2D eigenvalue weighted by Gasteiger charge is 2.11. The molecule has 0 fully saturated rings. The van der Waals surface area contributed by atoms with Crippen LogP contribution in [0.2, 0.25) is 0 Å². The van der Waals surface area contributed by atoms with Crippen molar-refractivity contribution in [3.05, 3.63) is 31.1 Å². The molecule has 2 aromatic rings. The van der Waals surface area contributed by atoms with Crippen LogP contribution in [0.1, 0.15) is 25.1 Å². The van der Waals surface area contributed by atoms with E-state index < -0.39 is 0 Å². The maximum Gasteiger partial charge on any atom is 0.144 e. The Kier molecular flexibility index (Phi) is 4.35. The Balaban J connectivity index is 2.54. The van der Waals surface area contributed by atoms with Crippen molar-refractivity contribution < 1.29 is 0 Å². The molecule has 2 nitrogen and oxygen atoms in total. The number of halogens is 1. The van der Waals surface area contributed by atoms with Crippen LogP contribution < -0.4 is 0 Å². The fourth-order valence-corrected chi connectivity index (χ4v) is 3.18. The van der Waals surface area contributed by atoms with Gasteiger partial charge in [-0.25, -0.2) is 4.98 Å². The summed E-state index contributed by atoms with van der Waals surface area (Å²) in [5, 5.41) is 4.23. The Morgan fingerprint density at radius 1 is 1.44 bits per heavy atom. The number of aromatic nitrogens is 2. The summed E-state index contributed by atoms with van der Waals surface area (Å²) in [6, 6.07) is 0. The Bertz CT molecular complexity index is 614. The summed E-state index contributed by atoms with van der Waals surface area (Å²) in [5.41, 5.74) is 3.50. The van der Waals surface area contributed by atoms with Gasteiger partial charge in [0.15, 0.2) is 0 Å². The normalized spacial score (nSPS) is 11.2. The average molecular weight is 343 g/mol. The van der Waals surface area contributed by atoms with Gasteiger partial charge in [-0.1, -0.05) is 26.1 Å². The topological polar surface area (TPSA) is 28.7 Å². The molecule has 18 heavy (non-hydrogen) atoms. The van der Waals surface area contributed by atoms with Gasteiger partial charge in [0.1, 0.15) is 10.5 Å². The molecule has 0 bridgehead atoms. The van der Waals surface area contributed by atoms with Crippen molar-refractivity contribution in [1.82, 2.24) is 9.97 Å². The van der Waals surface area contributed by atoms with E-state index in [-0.39, 0.29) is 0 Å². The predicted octanol–water partition coefficient (Wildman–Crippen LogP) is 5.14. The van der Waals surface area contributed by atoms with Gasteiger partial charge in [0.2, 0.25) is 0 Å². The van der Waals surface area contributed by atoms with Crippen LogP contribution in [0.3, 0.4) is 0 Å². The second-order valence-electron chi connectivity index (χ2n) is 4.75. The number of nitrogens with one attached hydrogen (secondary N) is 1. The van der Waals surface area contributed by atoms with E-state index in [0.29, 0.717) is 10.6 Å². The van der Waals surface area contributed by atoms with Crippen LogP contribution in [0.5, 0.6) is 0 Å². The van der Waals surface area contributed by atoms with Gasteiger partial charge in [0.25, 0.3) is 0 Å². The van der Waals surface area contributed by atoms with Crippen molar-refractivity contribution in [2.45, 2.75) is 27.2 Å². The van der Waals surface area contributed by atoms with E-state index in [9.17, 15) is 0 Å². The van der Waals surface area contributed by atoms with E-state index in [1.165, 1.54) is 5.56 Å². The van der Waals surface area contributed by atoms with Gasteiger partial charge >= 0.3 is 0 Å². The molecule has 0 radical (unpaired) electrons. The number of aromatic amines is 1. The maximum absolute atomic E-state index is 5.32. The van der Waals surface area contributed by atoms with E-state index >= 15 is 0 Å². The van der Waals surface area contributed by atoms with Gasteiger partial charge in [-0.2, -0.15) is 11.3 Å². The first-order valence-electron chi connectivity index (χ1n) is 5.81. The summed E-state index contributed by atoms with van der Waals surface area (Å²) >= 11 is 10.5. The summed E-state index contributed by atoms with van der Waals surface area (Å²) in [4.78, 5) is 7.87. The van der Waals surface area contributed by atoms with Crippen LogP contribution in [0, 0.1) is 17.5 Å². The molecule has 0 aliphatic heterocycles. The molecule has 0 atom stereocenters. The lowest BCUT2D eigenvalue weighted by atomic mass is 10.1. The SMILES string of the molecule is Cc1cscc1-c1nc(=S)c(Br)c(CC(C)C)[nH]1. The van der Waals surface area contributed by atoms with Gasteiger partial charge in [-0.05, 0) is 46.1 Å². The fourth-order valence-electron chi connectivity index (χ4n) is 1.79. The van der Waals surface area contributed by atoms with Gasteiger partial charge < -0.3 is 4.98 Å². The quantitative estimate of drug-likeness (QED) is 0.782. The lowest BCUT2D eigenvalue weighted by Crippen LogP contribution is -2.02. The minimum atomic E-state index is 0.575. The van der Waals surface area contributed by atoms with Gasteiger partial charge in [0.05, 0.1) is 4.47 Å². The number of nitrogens with zero attached hydrogens (tertiary/aromatic N) is 1. The second kappa shape index (κ2) is 5.63. The Labute approximate surface area is 125 Å². The van der Waals surface area contributed by atoms with Gasteiger partial charge in [-0.15, -0.1) is 0 Å². The summed E-state index contributed by atoms with van der Waals surface area (Å²) in [6.45, 7) is 6.48. The van der Waals surface area contributed by atoms with E-state index in [0.717, 1.165) is 28.0 Å². The predicted molar refractivity (Wildman–Crippen MR) is 83.7 cm³/mol. The van der Waals surface area contributed by atoms with Crippen LogP contribution in [0.15, 0.2) is 15.2 Å². The molecule has 2 rings (SSSR count). The fraction of sp³-hybridized carbons (Fsp3) is 0.385. The zero-order valence-corrected chi connectivity index (χ0v) is 13.8. The third-order valence-electron chi connectivity index (χ3n) is 2.66. The molecule has 0 aliphatic rings. The highest BCUT2D eigenvalue weighted by Crippen LogP contribution is 2.27. The number of rotatable bonds is 3. The lowest BCUT2D eigenvalue weighted by molar-refractivity contribution is 0.632. The monoisotopic (exact) mass is 342 g/mol. The number of aryl methyl sites for hydroxylation is 1.